The van der Waals surface area contributed by atoms with E-state index in [2.05, 4.69) is 0 Å². The summed E-state index contributed by atoms with van der Waals surface area (Å²) in [7, 11) is 0. The second-order valence-corrected chi connectivity index (χ2v) is 0.0816. The van der Waals surface area contributed by atoms with E-state index in [1.54, 1.807) is 0 Å². The number of nitrogens with zero attached hydrogens (tertiary/aromatic N) is 2. The Morgan fingerprint density at radius 3 is 1.75 bits per heavy atom. The van der Waals surface area contributed by atoms with E-state index in [9.17, 15) is 0 Å². The third-order valence-corrected chi connectivity index (χ3v) is 0. The second kappa shape index (κ2) is 12.8. The van der Waals surface area contributed by atoms with Crippen molar-refractivity contribution in [1.29, 1.82) is 5.39 Å². The fourth-order valence-electron chi connectivity index (χ4n) is 0. The van der Waals surface area contributed by atoms with Gasteiger partial charge in [0.2, 0.25) is 10.5 Å². The van der Waals surface area contributed by atoms with Crippen LogP contribution in [0.15, 0.2) is 0 Å². The van der Waals surface area contributed by atoms with Gasteiger partial charge in [-0.05, 0) is 0 Å². The zero-order chi connectivity index (χ0) is 2.71. The third-order valence-electron chi connectivity index (χ3n) is 0. The summed E-state index contributed by atoms with van der Waals surface area (Å²) in [5, 5.41) is 16.0. The van der Waals surface area contributed by atoms with Crippen LogP contribution in [0.25, 0.3) is 5.14 Å². The molecule has 0 heterocycles. The van der Waals surface area contributed by atoms with Crippen LogP contribution in [0.5, 0.6) is 0 Å². The van der Waals surface area contributed by atoms with Gasteiger partial charge in [-0.25, -0.2) is 0 Å². The summed E-state index contributed by atoms with van der Waals surface area (Å²) in [4.78, 5) is 0. The first kappa shape index (κ1) is 9.08. The van der Waals surface area contributed by atoms with Crippen LogP contribution >= 0.6 is 0 Å². The summed E-state index contributed by atoms with van der Waals surface area (Å²) in [5.41, 5.74) is 0. The van der Waals surface area contributed by atoms with Gasteiger partial charge in [0, 0.05) is 21.1 Å². The molecule has 3 nitrogen and oxygen atoms in total. The van der Waals surface area contributed by atoms with E-state index in [1.165, 1.54) is 5.14 Å². The van der Waals surface area contributed by atoms with Crippen molar-refractivity contribution >= 4 is 0 Å². The van der Waals surface area contributed by atoms with Gasteiger partial charge in [-0.15, -0.1) is 0 Å². The molecular formula is N2OPt. The Bertz CT molecular complexity index is 27.5. The molecule has 0 atom stereocenters. The number of diazo groups is 1. The normalized spacial score (nSPS) is 1.75. The third kappa shape index (κ3) is 187. The molecule has 0 unspecified atom stereocenters. The van der Waals surface area contributed by atoms with Crippen LogP contribution in [0.3, 0.4) is 0 Å². The van der Waals surface area contributed by atoms with E-state index >= 15 is 0 Å². The first-order valence-electron chi connectivity index (χ1n) is 0.383. The van der Waals surface area contributed by atoms with Gasteiger partial charge in [0.05, 0.1) is 0 Å². The Kier molecular flexibility index (Phi) is 29.1. The van der Waals surface area contributed by atoms with Gasteiger partial charge in [-0.2, -0.15) is 0 Å². The summed E-state index contributed by atoms with van der Waals surface area (Å²) >= 11 is 0. The number of rotatable bonds is 0. The molecule has 0 aromatic rings. The summed E-state index contributed by atoms with van der Waals surface area (Å²) < 4.78 is 0. The molecule has 0 fully saturated rings. The standard InChI is InChI=1S/N2O.Pt/c1-2-3;. The average molecular weight is 239 g/mol. The topological polar surface area (TPSA) is 51.2 Å². The van der Waals surface area contributed by atoms with Gasteiger partial charge in [0.1, 0.15) is 0 Å². The van der Waals surface area contributed by atoms with E-state index in [0.717, 1.165) is 0 Å². The van der Waals surface area contributed by atoms with Crippen LogP contribution in [0, 0.1) is 10.6 Å². The molecule has 0 aromatic carbocycles. The van der Waals surface area contributed by atoms with Crippen LogP contribution in [0.2, 0.25) is 0 Å². The minimum absolute atomic E-state index is 0. The Labute approximate surface area is 37.5 Å². The van der Waals surface area contributed by atoms with Crippen molar-refractivity contribution in [3.05, 3.63) is 10.3 Å². The summed E-state index contributed by atoms with van der Waals surface area (Å²) in [6, 6.07) is 0. The quantitative estimate of drug-likeness (QED) is 0.452. The predicted molar refractivity (Wildman–Crippen MR) is 8.45 cm³/mol. The molecule has 0 aliphatic carbocycles. The first-order chi connectivity index (χ1) is 1.41. The van der Waals surface area contributed by atoms with Gasteiger partial charge in [-0.3, -0.25) is 0 Å². The molecule has 0 saturated carbocycles. The molecule has 0 amide bonds. The van der Waals surface area contributed by atoms with E-state index in [1.807, 2.05) is 0 Å². The van der Waals surface area contributed by atoms with E-state index < -0.39 is 0 Å². The maximum Gasteiger partial charge on any atom is 0.237 e. The molecule has 26 valence electrons. The van der Waals surface area contributed by atoms with Crippen molar-refractivity contribution < 1.29 is 21.1 Å². The Morgan fingerprint density at radius 2 is 1.75 bits per heavy atom. The Morgan fingerprint density at radius 1 is 1.75 bits per heavy atom. The van der Waals surface area contributed by atoms with Crippen molar-refractivity contribution in [2.75, 3.05) is 0 Å². The molecule has 4 heteroatoms. The van der Waals surface area contributed by atoms with Gasteiger partial charge in [0.25, 0.3) is 0 Å². The van der Waals surface area contributed by atoms with Crippen molar-refractivity contribution in [1.82, 2.24) is 0 Å². The van der Waals surface area contributed by atoms with Crippen LogP contribution in [0.1, 0.15) is 0 Å². The van der Waals surface area contributed by atoms with Crippen LogP contribution in [-0.2, 0) is 21.1 Å². The largest absolute Gasteiger partial charge is 0.463 e. The van der Waals surface area contributed by atoms with Gasteiger partial charge < -0.3 is 5.21 Å². The first-order valence-corrected chi connectivity index (χ1v) is 0.383. The number of hydrogen-bond acceptors (Lipinski definition) is 2. The SMILES string of the molecule is N#[N+][O-].[Pt]. The van der Waals surface area contributed by atoms with Crippen LogP contribution in [0.4, 0.5) is 0 Å². The molecule has 0 spiro atoms. The minimum Gasteiger partial charge on any atom is -0.463 e. The summed E-state index contributed by atoms with van der Waals surface area (Å²) in [5.74, 6) is 0. The second-order valence-electron chi connectivity index (χ2n) is 0.0816. The molecule has 0 aliphatic heterocycles. The minimum atomic E-state index is 0. The average Bonchev–Trinajstić information content (AvgIpc) is 0.918. The fraction of sp³-hybridized carbons (Fsp3) is 0. The molecule has 0 rings (SSSR count). The van der Waals surface area contributed by atoms with E-state index in [-0.39, 0.29) is 21.1 Å². The van der Waals surface area contributed by atoms with Gasteiger partial charge >= 0.3 is 0 Å². The van der Waals surface area contributed by atoms with Crippen molar-refractivity contribution in [2.45, 2.75) is 0 Å². The maximum atomic E-state index is 8.11. The Balaban J connectivity index is 0. The van der Waals surface area contributed by atoms with Crippen molar-refractivity contribution in [2.24, 2.45) is 0 Å². The van der Waals surface area contributed by atoms with Gasteiger partial charge in [-0.1, -0.05) is 0 Å². The monoisotopic (exact) mass is 239 g/mol. The predicted octanol–water partition coefficient (Wildman–Crippen LogP) is 0.335. The van der Waals surface area contributed by atoms with Gasteiger partial charge in [0.15, 0.2) is 0 Å². The smallest absolute Gasteiger partial charge is 0.237 e. The molecule has 4 heavy (non-hydrogen) atoms. The van der Waals surface area contributed by atoms with E-state index in [4.69, 9.17) is 10.6 Å². The van der Waals surface area contributed by atoms with Crippen molar-refractivity contribution in [3.8, 4) is 0 Å². The molecule has 0 aromatic heterocycles. The molecule has 0 radical (unpaired) electrons. The summed E-state index contributed by atoms with van der Waals surface area (Å²) in [6.07, 6.45) is 0. The molecule has 0 bridgehead atoms. The van der Waals surface area contributed by atoms with Crippen LogP contribution in [-0.4, -0.2) is 0 Å². The Hall–Kier alpha value is -0.0917. The molecule has 0 N–H and O–H groups in total. The molecular weight excluding hydrogens is 239 g/mol. The zero-order valence-electron chi connectivity index (χ0n) is 1.62. The van der Waals surface area contributed by atoms with Crippen LogP contribution < -0.4 is 0 Å². The van der Waals surface area contributed by atoms with Crippen molar-refractivity contribution in [3.63, 3.8) is 0 Å². The zero-order valence-corrected chi connectivity index (χ0v) is 3.89. The number of hydrogen-bond donors (Lipinski definition) is 0. The molecule has 0 saturated heterocycles. The fourth-order valence-corrected chi connectivity index (χ4v) is 0. The molecule has 0 aliphatic rings. The van der Waals surface area contributed by atoms with E-state index in [0.29, 0.717) is 0 Å². The summed E-state index contributed by atoms with van der Waals surface area (Å²) in [6.45, 7) is 0. The maximum absolute atomic E-state index is 8.11.